The number of benzene rings is 1. The molecule has 0 fully saturated rings. The number of carboxylic acid groups (broad SMARTS) is 1. The fraction of sp³-hybridized carbons (Fsp3) is 0.200. The largest absolute Gasteiger partial charge is 0.477 e. The molecule has 0 amide bonds. The van der Waals surface area contributed by atoms with Gasteiger partial charge >= 0.3 is 5.97 Å². The van der Waals surface area contributed by atoms with Gasteiger partial charge in [0.2, 0.25) is 5.43 Å². The number of pyridine rings is 1. The molecule has 1 heterocycles. The summed E-state index contributed by atoms with van der Waals surface area (Å²) >= 11 is 0. The minimum absolute atomic E-state index is 0.102. The molecule has 0 aliphatic carbocycles. The van der Waals surface area contributed by atoms with E-state index < -0.39 is 11.4 Å². The third-order valence-electron chi connectivity index (χ3n) is 3.09. The summed E-state index contributed by atoms with van der Waals surface area (Å²) in [6, 6.07) is 5.17. The van der Waals surface area contributed by atoms with Crippen molar-refractivity contribution in [2.45, 2.75) is 0 Å². The quantitative estimate of drug-likeness (QED) is 0.873. The van der Waals surface area contributed by atoms with Crippen molar-refractivity contribution in [2.24, 2.45) is 0 Å². The summed E-state index contributed by atoms with van der Waals surface area (Å²) in [5, 5.41) is 20.0. The predicted octanol–water partition coefficient (Wildman–Crippen LogP) is 0.903. The number of aromatic carboxylic acids is 1. The Bertz CT molecular complexity index is 775. The number of aliphatic hydroxyl groups excluding tert-OH is 1. The summed E-state index contributed by atoms with van der Waals surface area (Å²) in [4.78, 5) is 23.5. The van der Waals surface area contributed by atoms with Gasteiger partial charge in [0.05, 0.1) is 12.1 Å². The predicted molar refractivity (Wildman–Crippen MR) is 81.4 cm³/mol. The molecule has 2 N–H and O–H groups in total. The first-order valence-electron chi connectivity index (χ1n) is 6.33. The Kier molecular flexibility index (Phi) is 4.09. The number of aromatic nitrogens is 1. The lowest BCUT2D eigenvalue weighted by atomic mass is 10.1. The van der Waals surface area contributed by atoms with Crippen molar-refractivity contribution in [3.8, 4) is 0 Å². The molecular weight excluding hydrogens is 272 g/mol. The molecule has 0 unspecified atom stereocenters. The highest BCUT2D eigenvalue weighted by atomic mass is 16.4. The topological polar surface area (TPSA) is 82.8 Å². The zero-order valence-electron chi connectivity index (χ0n) is 11.8. The van der Waals surface area contributed by atoms with E-state index >= 15 is 0 Å². The van der Waals surface area contributed by atoms with E-state index in [1.54, 1.807) is 54.1 Å². The summed E-state index contributed by atoms with van der Waals surface area (Å²) in [6.45, 7) is -0.102. The molecule has 2 aromatic rings. The second-order valence-corrected chi connectivity index (χ2v) is 4.73. The minimum atomic E-state index is -1.26. The Morgan fingerprint density at radius 2 is 2.10 bits per heavy atom. The van der Waals surface area contributed by atoms with Gasteiger partial charge in [0.1, 0.15) is 5.56 Å². The van der Waals surface area contributed by atoms with Gasteiger partial charge in [-0.1, -0.05) is 18.2 Å². The van der Waals surface area contributed by atoms with Crippen molar-refractivity contribution >= 4 is 22.9 Å². The van der Waals surface area contributed by atoms with Crippen LogP contribution in [-0.2, 0) is 0 Å². The molecule has 6 heteroatoms. The fourth-order valence-electron chi connectivity index (χ4n) is 2.11. The van der Waals surface area contributed by atoms with E-state index in [-0.39, 0.29) is 12.2 Å². The van der Waals surface area contributed by atoms with Crippen LogP contribution in [0.2, 0.25) is 0 Å². The molecule has 0 spiro atoms. The molecule has 0 bridgehead atoms. The molecule has 2 rings (SSSR count). The zero-order chi connectivity index (χ0) is 15.6. The van der Waals surface area contributed by atoms with Gasteiger partial charge in [-0.3, -0.25) is 9.47 Å². The maximum Gasteiger partial charge on any atom is 0.341 e. The Morgan fingerprint density at radius 3 is 2.67 bits per heavy atom. The Balaban J connectivity index is 2.82. The van der Waals surface area contributed by atoms with Gasteiger partial charge in [0, 0.05) is 25.7 Å². The second-order valence-electron chi connectivity index (χ2n) is 4.73. The van der Waals surface area contributed by atoms with Crippen molar-refractivity contribution < 1.29 is 15.0 Å². The molecule has 0 aliphatic rings. The molecule has 0 saturated carbocycles. The molecule has 6 nitrogen and oxygen atoms in total. The standard InChI is InChI=1S/C15H16N2O4/c1-16(2)17-9-12(15(20)21)14(19)11-8-10(4-3-7-18)5-6-13(11)17/h3-6,8-9,18H,7H2,1-2H3,(H,20,21)/b4-3-. The normalized spacial score (nSPS) is 11.2. The van der Waals surface area contributed by atoms with Crippen LogP contribution in [0.5, 0.6) is 0 Å². The number of fused-ring (bicyclic) bond motifs is 1. The van der Waals surface area contributed by atoms with Crippen LogP contribution >= 0.6 is 0 Å². The van der Waals surface area contributed by atoms with E-state index in [9.17, 15) is 9.59 Å². The van der Waals surface area contributed by atoms with Crippen molar-refractivity contribution in [1.29, 1.82) is 0 Å². The van der Waals surface area contributed by atoms with E-state index in [0.717, 1.165) is 5.56 Å². The van der Waals surface area contributed by atoms with Crippen molar-refractivity contribution in [1.82, 2.24) is 4.68 Å². The summed E-state index contributed by atoms with van der Waals surface area (Å²) in [5.74, 6) is -1.26. The summed E-state index contributed by atoms with van der Waals surface area (Å²) in [7, 11) is 3.52. The Morgan fingerprint density at radius 1 is 1.38 bits per heavy atom. The lowest BCUT2D eigenvalue weighted by Gasteiger charge is -2.20. The molecule has 1 aromatic heterocycles. The van der Waals surface area contributed by atoms with Gasteiger partial charge in [0.15, 0.2) is 0 Å². The van der Waals surface area contributed by atoms with Crippen LogP contribution in [0.4, 0.5) is 0 Å². The average molecular weight is 288 g/mol. The Labute approximate surface area is 121 Å². The maximum absolute atomic E-state index is 12.3. The van der Waals surface area contributed by atoms with Crippen LogP contribution in [-0.4, -0.2) is 41.6 Å². The van der Waals surface area contributed by atoms with Gasteiger partial charge in [-0.05, 0) is 17.7 Å². The third kappa shape index (κ3) is 2.80. The molecular formula is C15H16N2O4. The summed E-state index contributed by atoms with van der Waals surface area (Å²) in [5.41, 5.74) is 0.548. The second kappa shape index (κ2) is 5.80. The number of rotatable bonds is 4. The number of nitrogens with zero attached hydrogens (tertiary/aromatic N) is 2. The van der Waals surface area contributed by atoms with Gasteiger partial charge < -0.3 is 15.2 Å². The van der Waals surface area contributed by atoms with E-state index in [4.69, 9.17) is 10.2 Å². The van der Waals surface area contributed by atoms with Crippen molar-refractivity contribution in [3.63, 3.8) is 0 Å². The van der Waals surface area contributed by atoms with E-state index in [1.807, 2.05) is 0 Å². The van der Waals surface area contributed by atoms with E-state index in [2.05, 4.69) is 0 Å². The molecule has 0 atom stereocenters. The number of carboxylic acids is 1. The first-order valence-corrected chi connectivity index (χ1v) is 6.33. The van der Waals surface area contributed by atoms with Crippen molar-refractivity contribution in [2.75, 3.05) is 25.7 Å². The van der Waals surface area contributed by atoms with Gasteiger partial charge in [0.25, 0.3) is 0 Å². The van der Waals surface area contributed by atoms with Crippen LogP contribution in [0.3, 0.4) is 0 Å². The van der Waals surface area contributed by atoms with Crippen LogP contribution in [0, 0.1) is 0 Å². The van der Waals surface area contributed by atoms with Gasteiger partial charge in [-0.2, -0.15) is 0 Å². The third-order valence-corrected chi connectivity index (χ3v) is 3.09. The molecule has 0 aliphatic heterocycles. The lowest BCUT2D eigenvalue weighted by Crippen LogP contribution is -2.29. The average Bonchev–Trinajstić information content (AvgIpc) is 2.45. The first-order chi connectivity index (χ1) is 9.95. The first kappa shape index (κ1) is 14.8. The molecule has 0 radical (unpaired) electrons. The van der Waals surface area contributed by atoms with Gasteiger partial charge in [-0.25, -0.2) is 4.79 Å². The van der Waals surface area contributed by atoms with Crippen LogP contribution in [0.1, 0.15) is 15.9 Å². The summed E-state index contributed by atoms with van der Waals surface area (Å²) < 4.78 is 1.61. The SMILES string of the molecule is CN(C)n1cc(C(=O)O)c(=O)c2cc(/C=C\CO)ccc21. The van der Waals surface area contributed by atoms with Gasteiger partial charge in [-0.15, -0.1) is 0 Å². The number of aliphatic hydroxyl groups is 1. The fourth-order valence-corrected chi connectivity index (χ4v) is 2.11. The lowest BCUT2D eigenvalue weighted by molar-refractivity contribution is 0.0695. The monoisotopic (exact) mass is 288 g/mol. The molecule has 1 aromatic carbocycles. The van der Waals surface area contributed by atoms with Crippen molar-refractivity contribution in [3.05, 3.63) is 51.8 Å². The maximum atomic E-state index is 12.3. The smallest absolute Gasteiger partial charge is 0.341 e. The van der Waals surface area contributed by atoms with E-state index in [1.165, 1.54) is 6.20 Å². The highest BCUT2D eigenvalue weighted by Gasteiger charge is 2.15. The van der Waals surface area contributed by atoms with Crippen LogP contribution < -0.4 is 10.4 Å². The highest BCUT2D eigenvalue weighted by Crippen LogP contribution is 2.15. The van der Waals surface area contributed by atoms with Crippen LogP contribution in [0.25, 0.3) is 17.0 Å². The number of carbonyl (C=O) groups is 1. The minimum Gasteiger partial charge on any atom is -0.477 e. The zero-order valence-corrected chi connectivity index (χ0v) is 11.8. The number of hydrogen-bond acceptors (Lipinski definition) is 4. The van der Waals surface area contributed by atoms with Crippen LogP contribution in [0.15, 0.2) is 35.3 Å². The number of hydrogen-bond donors (Lipinski definition) is 2. The Hall–Kier alpha value is -2.60. The summed E-state index contributed by atoms with van der Waals surface area (Å²) in [6.07, 6.45) is 4.54. The highest BCUT2D eigenvalue weighted by molar-refractivity contribution is 5.93. The van der Waals surface area contributed by atoms with E-state index in [0.29, 0.717) is 10.9 Å². The molecule has 21 heavy (non-hydrogen) atoms. The molecule has 110 valence electrons. The molecule has 0 saturated heterocycles.